The van der Waals surface area contributed by atoms with E-state index in [0.717, 1.165) is 42.6 Å². The van der Waals surface area contributed by atoms with Crippen molar-refractivity contribution in [1.29, 1.82) is 0 Å². The molecule has 1 N–H and O–H groups in total. The van der Waals surface area contributed by atoms with Crippen LogP contribution in [0.3, 0.4) is 0 Å². The first-order valence-corrected chi connectivity index (χ1v) is 8.52. The Labute approximate surface area is 144 Å². The quantitative estimate of drug-likeness (QED) is 0.787. The maximum Gasteiger partial charge on any atom is 0.232 e. The van der Waals surface area contributed by atoms with Gasteiger partial charge in [-0.25, -0.2) is 9.50 Å². The van der Waals surface area contributed by atoms with Gasteiger partial charge in [-0.05, 0) is 43.9 Å². The van der Waals surface area contributed by atoms with Crippen LogP contribution in [0.5, 0.6) is 5.88 Å². The van der Waals surface area contributed by atoms with Crippen molar-refractivity contribution >= 4 is 17.2 Å². The molecule has 1 aromatic carbocycles. The van der Waals surface area contributed by atoms with Crippen LogP contribution in [-0.4, -0.2) is 31.9 Å². The number of rotatable bonds is 3. The highest BCUT2D eigenvalue weighted by Gasteiger charge is 2.21. The van der Waals surface area contributed by atoms with Crippen molar-refractivity contribution in [3.8, 4) is 17.1 Å². The molecular weight excluding hydrogens is 326 g/mol. The molecule has 24 heavy (non-hydrogen) atoms. The molecule has 6 heteroatoms. The maximum atomic E-state index is 9.60. The fourth-order valence-corrected chi connectivity index (χ4v) is 3.29. The number of aromatic nitrogens is 3. The monoisotopic (exact) mass is 343 g/mol. The zero-order valence-electron chi connectivity index (χ0n) is 13.1. The van der Waals surface area contributed by atoms with Gasteiger partial charge in [0.1, 0.15) is 6.10 Å². The SMILES string of the molecule is OC1CCC(Oc2ccc3ncc(-c4cccc(Cl)c4)n3n2)CC1. The van der Waals surface area contributed by atoms with E-state index in [9.17, 15) is 5.11 Å². The third-order valence-corrected chi connectivity index (χ3v) is 4.62. The number of aliphatic hydroxyl groups excluding tert-OH is 1. The minimum atomic E-state index is -0.191. The second-order valence-corrected chi connectivity index (χ2v) is 6.58. The number of nitrogens with zero attached hydrogens (tertiary/aromatic N) is 3. The zero-order valence-corrected chi connectivity index (χ0v) is 13.9. The van der Waals surface area contributed by atoms with E-state index in [1.165, 1.54) is 0 Å². The second kappa shape index (κ2) is 6.42. The van der Waals surface area contributed by atoms with Gasteiger partial charge in [0, 0.05) is 16.7 Å². The Hall–Kier alpha value is -2.11. The normalized spacial score (nSPS) is 21.1. The summed E-state index contributed by atoms with van der Waals surface area (Å²) in [7, 11) is 0. The Morgan fingerprint density at radius 1 is 1.12 bits per heavy atom. The largest absolute Gasteiger partial charge is 0.473 e. The molecule has 0 radical (unpaired) electrons. The first kappa shape index (κ1) is 15.4. The van der Waals surface area contributed by atoms with Crippen molar-refractivity contribution in [2.24, 2.45) is 0 Å². The van der Waals surface area contributed by atoms with Gasteiger partial charge >= 0.3 is 0 Å². The lowest BCUT2D eigenvalue weighted by molar-refractivity contribution is 0.0637. The van der Waals surface area contributed by atoms with Crippen LogP contribution in [0.15, 0.2) is 42.6 Å². The molecule has 124 valence electrons. The Morgan fingerprint density at radius 2 is 1.96 bits per heavy atom. The summed E-state index contributed by atoms with van der Waals surface area (Å²) in [6, 6.07) is 11.4. The average Bonchev–Trinajstić information content (AvgIpc) is 3.00. The van der Waals surface area contributed by atoms with Crippen LogP contribution < -0.4 is 4.74 Å². The Morgan fingerprint density at radius 3 is 2.75 bits per heavy atom. The minimum Gasteiger partial charge on any atom is -0.473 e. The predicted octanol–water partition coefficient (Wildman–Crippen LogP) is 3.73. The Bertz CT molecular complexity index is 856. The summed E-state index contributed by atoms with van der Waals surface area (Å²) in [4.78, 5) is 4.39. The molecule has 0 amide bonds. The maximum absolute atomic E-state index is 9.60. The molecule has 1 aliphatic carbocycles. The summed E-state index contributed by atoms with van der Waals surface area (Å²) < 4.78 is 7.78. The molecule has 0 saturated heterocycles. The van der Waals surface area contributed by atoms with Crippen molar-refractivity contribution < 1.29 is 9.84 Å². The number of hydrogen-bond donors (Lipinski definition) is 1. The molecule has 5 nitrogen and oxygen atoms in total. The van der Waals surface area contributed by atoms with Crippen LogP contribution in [0, 0.1) is 0 Å². The van der Waals surface area contributed by atoms with Gasteiger partial charge in [-0.15, -0.1) is 5.10 Å². The van der Waals surface area contributed by atoms with Gasteiger partial charge in [-0.2, -0.15) is 0 Å². The van der Waals surface area contributed by atoms with Gasteiger partial charge in [0.05, 0.1) is 18.0 Å². The number of halogens is 1. The summed E-state index contributed by atoms with van der Waals surface area (Å²) in [6.45, 7) is 0. The van der Waals surface area contributed by atoms with Crippen LogP contribution in [-0.2, 0) is 0 Å². The molecule has 0 unspecified atom stereocenters. The summed E-state index contributed by atoms with van der Waals surface area (Å²) in [6.07, 6.45) is 4.98. The number of imidazole rings is 1. The van der Waals surface area contributed by atoms with Crippen molar-refractivity contribution in [1.82, 2.24) is 14.6 Å². The summed E-state index contributed by atoms with van der Waals surface area (Å²) in [5.41, 5.74) is 2.59. The third-order valence-electron chi connectivity index (χ3n) is 4.39. The number of fused-ring (bicyclic) bond motifs is 1. The van der Waals surface area contributed by atoms with Crippen molar-refractivity contribution in [2.75, 3.05) is 0 Å². The van der Waals surface area contributed by atoms with Crippen LogP contribution in [0.2, 0.25) is 5.02 Å². The molecule has 0 aliphatic heterocycles. The van der Waals surface area contributed by atoms with E-state index >= 15 is 0 Å². The van der Waals surface area contributed by atoms with Crippen molar-refractivity contribution in [3.63, 3.8) is 0 Å². The van der Waals surface area contributed by atoms with E-state index < -0.39 is 0 Å². The molecule has 0 bridgehead atoms. The van der Waals surface area contributed by atoms with Crippen molar-refractivity contribution in [3.05, 3.63) is 47.6 Å². The van der Waals surface area contributed by atoms with Gasteiger partial charge in [0.15, 0.2) is 5.65 Å². The van der Waals surface area contributed by atoms with E-state index in [4.69, 9.17) is 16.3 Å². The zero-order chi connectivity index (χ0) is 16.5. The van der Waals surface area contributed by atoms with Crippen LogP contribution in [0.1, 0.15) is 25.7 Å². The fourth-order valence-electron chi connectivity index (χ4n) is 3.10. The van der Waals surface area contributed by atoms with E-state index in [1.807, 2.05) is 36.4 Å². The van der Waals surface area contributed by atoms with E-state index in [-0.39, 0.29) is 12.2 Å². The Balaban J connectivity index is 1.63. The highest BCUT2D eigenvalue weighted by molar-refractivity contribution is 6.30. The van der Waals surface area contributed by atoms with E-state index in [1.54, 1.807) is 10.7 Å². The average molecular weight is 344 g/mol. The molecule has 2 heterocycles. The molecule has 1 fully saturated rings. The number of hydrogen-bond acceptors (Lipinski definition) is 4. The van der Waals surface area contributed by atoms with Crippen LogP contribution >= 0.6 is 11.6 Å². The highest BCUT2D eigenvalue weighted by Crippen LogP contribution is 2.26. The van der Waals surface area contributed by atoms with Gasteiger partial charge in [-0.3, -0.25) is 0 Å². The van der Waals surface area contributed by atoms with E-state index in [2.05, 4.69) is 10.1 Å². The summed E-state index contributed by atoms with van der Waals surface area (Å²) in [5.74, 6) is 0.574. The molecule has 1 aliphatic rings. The van der Waals surface area contributed by atoms with Gasteiger partial charge in [0.2, 0.25) is 5.88 Å². The first-order valence-electron chi connectivity index (χ1n) is 8.14. The number of ether oxygens (including phenoxy) is 1. The molecule has 4 rings (SSSR count). The second-order valence-electron chi connectivity index (χ2n) is 6.14. The fraction of sp³-hybridized carbons (Fsp3) is 0.333. The van der Waals surface area contributed by atoms with Crippen molar-refractivity contribution in [2.45, 2.75) is 37.9 Å². The van der Waals surface area contributed by atoms with Gasteiger partial charge < -0.3 is 9.84 Å². The molecule has 0 spiro atoms. The molecule has 2 aromatic heterocycles. The molecular formula is C18H18ClN3O2. The lowest BCUT2D eigenvalue weighted by atomic mass is 9.95. The lowest BCUT2D eigenvalue weighted by Crippen LogP contribution is -2.26. The number of aliphatic hydroxyl groups is 1. The third kappa shape index (κ3) is 3.09. The topological polar surface area (TPSA) is 59.7 Å². The Kier molecular flexibility index (Phi) is 4.12. The standard InChI is InChI=1S/C18H18ClN3O2/c19-13-3-1-2-12(10-13)16-11-20-17-8-9-18(21-22(16)17)24-15-6-4-14(23)5-7-15/h1-3,8-11,14-15,23H,4-7H2. The predicted molar refractivity (Wildman–Crippen MR) is 92.3 cm³/mol. The van der Waals surface area contributed by atoms with Gasteiger partial charge in [-0.1, -0.05) is 23.7 Å². The molecule has 3 aromatic rings. The van der Waals surface area contributed by atoms with Crippen LogP contribution in [0.4, 0.5) is 0 Å². The lowest BCUT2D eigenvalue weighted by Gasteiger charge is -2.25. The smallest absolute Gasteiger partial charge is 0.232 e. The number of benzene rings is 1. The van der Waals surface area contributed by atoms with Gasteiger partial charge in [0.25, 0.3) is 0 Å². The summed E-state index contributed by atoms with van der Waals surface area (Å²) >= 11 is 6.09. The highest BCUT2D eigenvalue weighted by atomic mass is 35.5. The van der Waals surface area contributed by atoms with E-state index in [0.29, 0.717) is 10.9 Å². The van der Waals surface area contributed by atoms with Crippen LogP contribution in [0.25, 0.3) is 16.9 Å². The first-order chi connectivity index (χ1) is 11.7. The molecule has 1 saturated carbocycles. The summed E-state index contributed by atoms with van der Waals surface area (Å²) in [5, 5.41) is 14.9. The minimum absolute atomic E-state index is 0.108. The molecule has 0 atom stereocenters.